The van der Waals surface area contributed by atoms with E-state index in [1.165, 1.54) is 105 Å². The molecule has 0 amide bonds. The standard InChI is InChI=1S/C63H50N2/c1-61(2)53-19-11-7-15-45(53)48-32-28-42(36-56(48)61)64(43-29-33-49-46-16-8-12-20-54(46)62(3,4)57(49)37-43)41-26-23-39(24-27-41)40-25-31-52-51-18-10-14-22-59(51)65(60(52)35-40)44-30-34-50-47-17-9-13-21-55(47)63(5,6)58(50)38-44/h7-38H,1-6H3. The molecule has 10 aromatic rings. The average Bonchev–Trinajstić information content (AvgIpc) is 3.95. The van der Waals surface area contributed by atoms with E-state index in [0.717, 1.165) is 17.1 Å². The lowest BCUT2D eigenvalue weighted by atomic mass is 9.82. The third-order valence-electron chi connectivity index (χ3n) is 15.6. The van der Waals surface area contributed by atoms with Gasteiger partial charge >= 0.3 is 0 Å². The number of rotatable bonds is 5. The Morgan fingerprint density at radius 3 is 1.28 bits per heavy atom. The van der Waals surface area contributed by atoms with Crippen LogP contribution in [0.25, 0.3) is 72.0 Å². The van der Waals surface area contributed by atoms with Crippen LogP contribution < -0.4 is 4.90 Å². The molecule has 65 heavy (non-hydrogen) atoms. The van der Waals surface area contributed by atoms with Gasteiger partial charge in [0.15, 0.2) is 0 Å². The smallest absolute Gasteiger partial charge is 0.0547 e. The first-order valence-electron chi connectivity index (χ1n) is 23.2. The van der Waals surface area contributed by atoms with Gasteiger partial charge in [0, 0.05) is 49.8 Å². The highest BCUT2D eigenvalue weighted by atomic mass is 15.1. The number of aromatic nitrogens is 1. The highest BCUT2D eigenvalue weighted by molar-refractivity contribution is 6.10. The molecule has 0 spiro atoms. The van der Waals surface area contributed by atoms with Crippen molar-refractivity contribution in [2.24, 2.45) is 0 Å². The summed E-state index contributed by atoms with van der Waals surface area (Å²) in [6, 6.07) is 73.2. The van der Waals surface area contributed by atoms with Crippen molar-refractivity contribution in [1.82, 2.24) is 4.57 Å². The highest BCUT2D eigenvalue weighted by Crippen LogP contribution is 2.54. The molecule has 1 heterocycles. The zero-order valence-corrected chi connectivity index (χ0v) is 37.9. The Balaban J connectivity index is 0.936. The van der Waals surface area contributed by atoms with E-state index >= 15 is 0 Å². The molecule has 0 fully saturated rings. The molecule has 2 nitrogen and oxygen atoms in total. The number of fused-ring (bicyclic) bond motifs is 12. The summed E-state index contributed by atoms with van der Waals surface area (Å²) in [6.07, 6.45) is 0. The van der Waals surface area contributed by atoms with Gasteiger partial charge in [-0.25, -0.2) is 0 Å². The van der Waals surface area contributed by atoms with Crippen molar-refractivity contribution in [2.45, 2.75) is 57.8 Å². The minimum absolute atomic E-state index is 0.0799. The van der Waals surface area contributed by atoms with Gasteiger partial charge in [-0.2, -0.15) is 0 Å². The maximum Gasteiger partial charge on any atom is 0.0547 e. The van der Waals surface area contributed by atoms with E-state index in [0.29, 0.717) is 0 Å². The van der Waals surface area contributed by atoms with Crippen molar-refractivity contribution in [1.29, 1.82) is 0 Å². The van der Waals surface area contributed by atoms with Crippen molar-refractivity contribution in [2.75, 3.05) is 4.90 Å². The minimum Gasteiger partial charge on any atom is -0.310 e. The molecule has 0 bridgehead atoms. The number of nitrogens with zero attached hydrogens (tertiary/aromatic N) is 2. The van der Waals surface area contributed by atoms with E-state index in [-0.39, 0.29) is 16.2 Å². The van der Waals surface area contributed by atoms with E-state index in [2.05, 4.69) is 245 Å². The lowest BCUT2D eigenvalue weighted by Crippen LogP contribution is -2.18. The Morgan fingerprint density at radius 2 is 0.723 bits per heavy atom. The summed E-state index contributed by atoms with van der Waals surface area (Å²) >= 11 is 0. The van der Waals surface area contributed by atoms with E-state index in [4.69, 9.17) is 0 Å². The first-order valence-corrected chi connectivity index (χ1v) is 23.2. The molecule has 0 atom stereocenters. The van der Waals surface area contributed by atoms with Crippen molar-refractivity contribution in [3.63, 3.8) is 0 Å². The van der Waals surface area contributed by atoms with Gasteiger partial charge in [-0.15, -0.1) is 0 Å². The molecular weight excluding hydrogens is 785 g/mol. The fraction of sp³-hybridized carbons (Fsp3) is 0.143. The normalized spacial score (nSPS) is 15.3. The van der Waals surface area contributed by atoms with E-state index in [1.807, 2.05) is 0 Å². The predicted molar refractivity (Wildman–Crippen MR) is 274 cm³/mol. The summed E-state index contributed by atoms with van der Waals surface area (Å²) in [7, 11) is 0. The van der Waals surface area contributed by atoms with Crippen LogP contribution in [0.2, 0.25) is 0 Å². The van der Waals surface area contributed by atoms with E-state index < -0.39 is 0 Å². The Morgan fingerprint density at radius 1 is 0.308 bits per heavy atom. The van der Waals surface area contributed by atoms with Gasteiger partial charge in [-0.3, -0.25) is 0 Å². The van der Waals surface area contributed by atoms with Crippen molar-refractivity contribution in [3.8, 4) is 50.2 Å². The molecule has 0 radical (unpaired) electrons. The Kier molecular flexibility index (Phi) is 7.80. The molecule has 0 saturated heterocycles. The highest BCUT2D eigenvalue weighted by Gasteiger charge is 2.38. The first-order chi connectivity index (χ1) is 31.5. The number of anilines is 3. The average molecular weight is 835 g/mol. The number of hydrogen-bond donors (Lipinski definition) is 0. The summed E-state index contributed by atoms with van der Waals surface area (Å²) in [5.41, 5.74) is 25.5. The van der Waals surface area contributed by atoms with Gasteiger partial charge in [0.1, 0.15) is 0 Å². The predicted octanol–water partition coefficient (Wildman–Crippen LogP) is 16.8. The molecule has 3 aliphatic carbocycles. The van der Waals surface area contributed by atoms with Crippen LogP contribution in [0.15, 0.2) is 194 Å². The first kappa shape index (κ1) is 38.1. The summed E-state index contributed by atoms with van der Waals surface area (Å²) in [5.74, 6) is 0. The molecule has 0 saturated carbocycles. The summed E-state index contributed by atoms with van der Waals surface area (Å²) in [4.78, 5) is 2.47. The van der Waals surface area contributed by atoms with Crippen LogP contribution in [-0.2, 0) is 16.2 Å². The second-order valence-electron chi connectivity index (χ2n) is 20.2. The quantitative estimate of drug-likeness (QED) is 0.168. The minimum atomic E-state index is -0.110. The van der Waals surface area contributed by atoms with Crippen LogP contribution in [0.5, 0.6) is 0 Å². The fourth-order valence-corrected chi connectivity index (χ4v) is 12.2. The second-order valence-corrected chi connectivity index (χ2v) is 20.2. The van der Waals surface area contributed by atoms with Gasteiger partial charge in [0.25, 0.3) is 0 Å². The zero-order valence-electron chi connectivity index (χ0n) is 37.9. The van der Waals surface area contributed by atoms with E-state index in [9.17, 15) is 0 Å². The number of benzene rings is 9. The van der Waals surface area contributed by atoms with Crippen LogP contribution in [-0.4, -0.2) is 4.57 Å². The number of hydrogen-bond acceptors (Lipinski definition) is 1. The Bertz CT molecular complexity index is 3520. The van der Waals surface area contributed by atoms with Gasteiger partial charge in [-0.1, -0.05) is 175 Å². The SMILES string of the molecule is CC1(C)c2ccccc2-c2ccc(N(c3ccc(-c4ccc5c6ccccc6n(-c6ccc7c(c6)C(C)(C)c6ccccc6-7)c5c4)cc3)c3ccc4c(c3)C(C)(C)c3ccccc3-4)cc21. The van der Waals surface area contributed by atoms with Crippen LogP contribution in [0, 0.1) is 0 Å². The molecular formula is C63H50N2. The van der Waals surface area contributed by atoms with Crippen LogP contribution in [0.1, 0.15) is 74.9 Å². The molecule has 312 valence electrons. The lowest BCUT2D eigenvalue weighted by molar-refractivity contribution is 0.659. The van der Waals surface area contributed by atoms with Crippen LogP contribution in [0.3, 0.4) is 0 Å². The summed E-state index contributed by atoms with van der Waals surface area (Å²) < 4.78 is 2.48. The van der Waals surface area contributed by atoms with E-state index in [1.54, 1.807) is 0 Å². The molecule has 0 aliphatic heterocycles. The third-order valence-corrected chi connectivity index (χ3v) is 15.6. The monoisotopic (exact) mass is 834 g/mol. The third kappa shape index (κ3) is 5.29. The summed E-state index contributed by atoms with van der Waals surface area (Å²) in [6.45, 7) is 14.2. The van der Waals surface area contributed by atoms with Crippen molar-refractivity contribution < 1.29 is 0 Å². The molecule has 0 unspecified atom stereocenters. The largest absolute Gasteiger partial charge is 0.310 e. The lowest BCUT2D eigenvalue weighted by Gasteiger charge is -2.30. The Hall–Kier alpha value is -7.42. The molecule has 3 aliphatic rings. The second kappa shape index (κ2) is 13.3. The Labute approximate surface area is 382 Å². The fourth-order valence-electron chi connectivity index (χ4n) is 12.2. The molecule has 1 aromatic heterocycles. The van der Waals surface area contributed by atoms with Gasteiger partial charge < -0.3 is 9.47 Å². The number of para-hydroxylation sites is 1. The molecule has 2 heteroatoms. The van der Waals surface area contributed by atoms with Gasteiger partial charge in [-0.05, 0) is 139 Å². The molecule has 9 aromatic carbocycles. The van der Waals surface area contributed by atoms with Gasteiger partial charge in [0.05, 0.1) is 11.0 Å². The maximum absolute atomic E-state index is 2.48. The van der Waals surface area contributed by atoms with Crippen LogP contribution in [0.4, 0.5) is 17.1 Å². The van der Waals surface area contributed by atoms with Crippen molar-refractivity contribution >= 4 is 38.9 Å². The topological polar surface area (TPSA) is 8.17 Å². The maximum atomic E-state index is 2.48. The van der Waals surface area contributed by atoms with Crippen molar-refractivity contribution in [3.05, 3.63) is 228 Å². The van der Waals surface area contributed by atoms with Gasteiger partial charge in [0.2, 0.25) is 0 Å². The summed E-state index contributed by atoms with van der Waals surface area (Å²) in [5, 5.41) is 2.53. The molecule has 0 N–H and O–H groups in total. The van der Waals surface area contributed by atoms with Crippen LogP contribution >= 0.6 is 0 Å². The zero-order chi connectivity index (χ0) is 44.0. The molecule has 13 rings (SSSR count).